The van der Waals surface area contributed by atoms with Crippen LogP contribution in [0.4, 0.5) is 4.39 Å². The molecule has 1 aromatic carbocycles. The maximum absolute atomic E-state index is 14.4. The van der Waals surface area contributed by atoms with Crippen molar-refractivity contribution in [1.82, 2.24) is 9.62 Å². The zero-order valence-corrected chi connectivity index (χ0v) is 13.2. The second-order valence-electron chi connectivity index (χ2n) is 6.10. The van der Waals surface area contributed by atoms with Crippen molar-refractivity contribution in [2.24, 2.45) is 0 Å². The van der Waals surface area contributed by atoms with E-state index in [2.05, 4.69) is 5.32 Å². The van der Waals surface area contributed by atoms with Crippen molar-refractivity contribution in [3.8, 4) is 5.75 Å². The number of benzene rings is 1. The normalized spacial score (nSPS) is 33.4. The van der Waals surface area contributed by atoms with Crippen LogP contribution in [0.5, 0.6) is 5.75 Å². The first-order valence-corrected chi connectivity index (χ1v) is 8.44. The molecule has 120 valence electrons. The molecule has 0 unspecified atom stereocenters. The Kier molecular flexibility index (Phi) is 2.98. The van der Waals surface area contributed by atoms with E-state index >= 15 is 0 Å². The highest BCUT2D eigenvalue weighted by atomic mass is 32.2. The lowest BCUT2D eigenvalue weighted by molar-refractivity contribution is 0.277. The quantitative estimate of drug-likeness (QED) is 0.728. The second-order valence-corrected chi connectivity index (χ2v) is 8.50. The summed E-state index contributed by atoms with van der Waals surface area (Å²) in [6, 6.07) is 3.59. The van der Waals surface area contributed by atoms with Crippen LogP contribution in [0.2, 0.25) is 0 Å². The van der Waals surface area contributed by atoms with E-state index in [1.54, 1.807) is 6.92 Å². The third kappa shape index (κ3) is 1.58. The van der Waals surface area contributed by atoms with Crippen LogP contribution in [-0.2, 0) is 15.6 Å². The molecule has 0 radical (unpaired) electrons. The fourth-order valence-corrected chi connectivity index (χ4v) is 5.74. The molecular formula is C14H18FN3O3S. The van der Waals surface area contributed by atoms with Gasteiger partial charge in [0.05, 0.1) is 5.54 Å². The molecule has 1 aliphatic carbocycles. The Hall–Kier alpha value is -1.83. The molecule has 0 spiro atoms. The fraction of sp³-hybridized carbons (Fsp3) is 0.500. The summed E-state index contributed by atoms with van der Waals surface area (Å²) in [4.78, 5) is 0. The number of sulfonamides is 1. The predicted molar refractivity (Wildman–Crippen MR) is 79.5 cm³/mol. The number of phenols is 1. The van der Waals surface area contributed by atoms with E-state index in [1.165, 1.54) is 19.2 Å². The van der Waals surface area contributed by atoms with E-state index in [0.29, 0.717) is 19.3 Å². The van der Waals surface area contributed by atoms with Crippen LogP contribution in [-0.4, -0.2) is 35.6 Å². The van der Waals surface area contributed by atoms with Crippen molar-refractivity contribution in [2.75, 3.05) is 7.05 Å². The first kappa shape index (κ1) is 15.1. The maximum Gasteiger partial charge on any atom is 0.245 e. The minimum Gasteiger partial charge on any atom is -0.508 e. The Morgan fingerprint density at radius 3 is 2.77 bits per heavy atom. The molecule has 0 aromatic heterocycles. The summed E-state index contributed by atoms with van der Waals surface area (Å²) in [7, 11) is -2.51. The third-order valence-corrected chi connectivity index (χ3v) is 7.69. The van der Waals surface area contributed by atoms with Crippen molar-refractivity contribution in [1.29, 1.82) is 5.41 Å². The molecular weight excluding hydrogens is 309 g/mol. The minimum atomic E-state index is -3.83. The van der Waals surface area contributed by atoms with Crippen molar-refractivity contribution < 1.29 is 17.9 Å². The highest BCUT2D eigenvalue weighted by Crippen LogP contribution is 2.54. The number of rotatable bonds is 1. The van der Waals surface area contributed by atoms with Gasteiger partial charge in [-0.15, -0.1) is 0 Å². The summed E-state index contributed by atoms with van der Waals surface area (Å²) in [5.41, 5.74) is -1.16. The Labute approximate surface area is 128 Å². The summed E-state index contributed by atoms with van der Waals surface area (Å²) in [5, 5.41) is 20.5. The van der Waals surface area contributed by atoms with Gasteiger partial charge in [0.1, 0.15) is 16.3 Å². The molecule has 8 heteroatoms. The van der Waals surface area contributed by atoms with Gasteiger partial charge in [-0.05, 0) is 44.4 Å². The minimum absolute atomic E-state index is 0.0916. The molecule has 1 saturated heterocycles. The molecule has 3 rings (SSSR count). The van der Waals surface area contributed by atoms with E-state index in [9.17, 15) is 17.9 Å². The molecule has 6 nitrogen and oxygen atoms in total. The van der Waals surface area contributed by atoms with E-state index < -0.39 is 26.1 Å². The summed E-state index contributed by atoms with van der Waals surface area (Å²) in [5.74, 6) is -1.02. The van der Waals surface area contributed by atoms with Crippen molar-refractivity contribution >= 4 is 16.0 Å². The number of fused-ring (bicyclic) bond motifs is 1. The second kappa shape index (κ2) is 4.34. The first-order chi connectivity index (χ1) is 10.2. The van der Waals surface area contributed by atoms with Crippen LogP contribution in [0.15, 0.2) is 18.2 Å². The summed E-state index contributed by atoms with van der Waals surface area (Å²) in [6.45, 7) is 1.58. The summed E-state index contributed by atoms with van der Waals surface area (Å²) >= 11 is 0. The van der Waals surface area contributed by atoms with E-state index in [1.807, 2.05) is 0 Å². The number of guanidine groups is 1. The monoisotopic (exact) mass is 327 g/mol. The summed E-state index contributed by atoms with van der Waals surface area (Å²) < 4.78 is 39.7. The average Bonchev–Trinajstić information content (AvgIpc) is 2.79. The van der Waals surface area contributed by atoms with Crippen LogP contribution < -0.4 is 5.32 Å². The van der Waals surface area contributed by atoms with Crippen molar-refractivity contribution in [3.63, 3.8) is 0 Å². The smallest absolute Gasteiger partial charge is 0.245 e. The van der Waals surface area contributed by atoms with Gasteiger partial charge in [0.2, 0.25) is 16.0 Å². The Balaban J connectivity index is 2.32. The molecule has 1 aromatic rings. The number of nitrogens with zero attached hydrogens (tertiary/aromatic N) is 1. The molecule has 22 heavy (non-hydrogen) atoms. The molecule has 1 saturated carbocycles. The van der Waals surface area contributed by atoms with Gasteiger partial charge in [-0.2, -0.15) is 0 Å². The number of hydrogen-bond acceptors (Lipinski definition) is 4. The molecule has 3 N–H and O–H groups in total. The van der Waals surface area contributed by atoms with Crippen LogP contribution in [0, 0.1) is 11.2 Å². The highest BCUT2D eigenvalue weighted by Gasteiger charge is 2.66. The van der Waals surface area contributed by atoms with Crippen LogP contribution in [0.25, 0.3) is 0 Å². The van der Waals surface area contributed by atoms with Gasteiger partial charge in [0, 0.05) is 12.6 Å². The van der Waals surface area contributed by atoms with Gasteiger partial charge in [-0.25, -0.2) is 17.1 Å². The topological polar surface area (TPSA) is 93.5 Å². The van der Waals surface area contributed by atoms with Gasteiger partial charge in [-0.3, -0.25) is 5.41 Å². The largest absolute Gasteiger partial charge is 0.508 e. The van der Waals surface area contributed by atoms with Gasteiger partial charge in [0.25, 0.3) is 0 Å². The zero-order valence-electron chi connectivity index (χ0n) is 12.4. The maximum atomic E-state index is 14.4. The molecule has 2 atom stereocenters. The first-order valence-electron chi connectivity index (χ1n) is 7.00. The Bertz CT molecular complexity index is 767. The third-order valence-electron chi connectivity index (χ3n) is 5.09. The SMILES string of the molecule is CN1C(=N)N[C@@]2(c3cc(O)ccc3F)CCC[C@@]2(C)S1(=O)=O. The standard InChI is InChI=1S/C14H18FN3O3S/c1-13-6-3-7-14(13,10-8-9(19)4-5-11(10)15)17-12(16)18(2)22(13,20)21/h4-5,8,19H,3,6-7H2,1-2H3,(H2,16,17)/t13-,14-/m1/s1. The average molecular weight is 327 g/mol. The lowest BCUT2D eigenvalue weighted by Gasteiger charge is -2.51. The van der Waals surface area contributed by atoms with Gasteiger partial charge in [0.15, 0.2) is 0 Å². The molecule has 2 aliphatic rings. The van der Waals surface area contributed by atoms with Crippen LogP contribution >= 0.6 is 0 Å². The van der Waals surface area contributed by atoms with Crippen LogP contribution in [0.3, 0.4) is 0 Å². The van der Waals surface area contributed by atoms with E-state index in [-0.39, 0.29) is 17.3 Å². The van der Waals surface area contributed by atoms with Crippen molar-refractivity contribution in [3.05, 3.63) is 29.6 Å². The molecule has 2 fully saturated rings. The number of phenolic OH excluding ortho intramolecular Hbond substituents is 1. The lowest BCUT2D eigenvalue weighted by atomic mass is 9.80. The van der Waals surface area contributed by atoms with E-state index in [0.717, 1.165) is 10.4 Å². The predicted octanol–water partition coefficient (Wildman–Crippen LogP) is 1.47. The Morgan fingerprint density at radius 2 is 2.09 bits per heavy atom. The molecule has 0 amide bonds. The molecule has 0 bridgehead atoms. The summed E-state index contributed by atoms with van der Waals surface area (Å²) in [6.07, 6.45) is 1.31. The molecule has 1 heterocycles. The number of nitrogens with one attached hydrogen (secondary N) is 2. The fourth-order valence-electron chi connectivity index (χ4n) is 3.74. The zero-order chi connectivity index (χ0) is 16.3. The number of halogens is 1. The van der Waals surface area contributed by atoms with Gasteiger partial charge < -0.3 is 10.4 Å². The highest BCUT2D eigenvalue weighted by molar-refractivity contribution is 7.91. The van der Waals surface area contributed by atoms with Crippen LogP contribution in [0.1, 0.15) is 31.7 Å². The number of hydrogen-bond donors (Lipinski definition) is 3. The van der Waals surface area contributed by atoms with Gasteiger partial charge >= 0.3 is 0 Å². The van der Waals surface area contributed by atoms with Gasteiger partial charge in [-0.1, -0.05) is 0 Å². The number of aromatic hydroxyl groups is 1. The Morgan fingerprint density at radius 1 is 1.41 bits per heavy atom. The molecule has 1 aliphatic heterocycles. The van der Waals surface area contributed by atoms with E-state index in [4.69, 9.17) is 5.41 Å². The van der Waals surface area contributed by atoms with Crippen molar-refractivity contribution in [2.45, 2.75) is 36.5 Å². The lowest BCUT2D eigenvalue weighted by Crippen LogP contribution is -2.71.